The number of likely N-dealkylation sites (N-methyl/N-ethyl adjacent to an activating group) is 1. The van der Waals surface area contributed by atoms with Crippen molar-refractivity contribution in [3.8, 4) is 0 Å². The van der Waals surface area contributed by atoms with Gasteiger partial charge in [-0.1, -0.05) is 12.1 Å². The van der Waals surface area contributed by atoms with Gasteiger partial charge < -0.3 is 15.1 Å². The van der Waals surface area contributed by atoms with Crippen molar-refractivity contribution < 1.29 is 17.6 Å². The number of unbranched alkanes of at least 4 members (excludes halogenated alkanes) is 1. The lowest BCUT2D eigenvalue weighted by molar-refractivity contribution is 0.0952. The molecule has 2 aromatic carbocycles. The standard InChI is InChI=1S/C23H31FN4O3S/c1-18-8-9-21(17-22(18)24)32(30,31)26-20-7-5-6-19(16-20)23(29)25-10-3-4-11-28-14-12-27(2)13-15-28/h5-9,16-17,26H,3-4,10-15H2,1-2H3,(H,25,29). The molecule has 0 aromatic heterocycles. The molecule has 1 aliphatic rings. The third-order valence-electron chi connectivity index (χ3n) is 5.61. The van der Waals surface area contributed by atoms with Crippen molar-refractivity contribution in [2.45, 2.75) is 24.7 Å². The Hall–Kier alpha value is -2.49. The molecule has 1 aliphatic heterocycles. The molecular weight excluding hydrogens is 431 g/mol. The number of nitrogens with one attached hydrogen (secondary N) is 2. The lowest BCUT2D eigenvalue weighted by Crippen LogP contribution is -2.44. The Morgan fingerprint density at radius 2 is 1.81 bits per heavy atom. The first-order valence-electron chi connectivity index (χ1n) is 10.8. The highest BCUT2D eigenvalue weighted by Gasteiger charge is 2.17. The molecule has 0 radical (unpaired) electrons. The molecule has 0 unspecified atom stereocenters. The number of benzene rings is 2. The maximum atomic E-state index is 13.8. The first kappa shape index (κ1) is 24.2. The maximum absolute atomic E-state index is 13.8. The van der Waals surface area contributed by atoms with Crippen molar-refractivity contribution in [1.82, 2.24) is 15.1 Å². The van der Waals surface area contributed by atoms with Crippen molar-refractivity contribution in [2.75, 3.05) is 51.0 Å². The van der Waals surface area contributed by atoms with Gasteiger partial charge >= 0.3 is 0 Å². The van der Waals surface area contributed by atoms with Crippen LogP contribution >= 0.6 is 0 Å². The Morgan fingerprint density at radius 1 is 1.06 bits per heavy atom. The van der Waals surface area contributed by atoms with Crippen LogP contribution in [0.15, 0.2) is 47.4 Å². The Bertz CT molecular complexity index is 1040. The van der Waals surface area contributed by atoms with Crippen LogP contribution < -0.4 is 10.0 Å². The summed E-state index contributed by atoms with van der Waals surface area (Å²) in [7, 11) is -1.83. The number of sulfonamides is 1. The smallest absolute Gasteiger partial charge is 0.261 e. The molecule has 2 N–H and O–H groups in total. The van der Waals surface area contributed by atoms with Crippen molar-refractivity contribution in [3.05, 3.63) is 59.4 Å². The van der Waals surface area contributed by atoms with Gasteiger partial charge in [-0.3, -0.25) is 9.52 Å². The van der Waals surface area contributed by atoms with Crippen molar-refractivity contribution >= 4 is 21.6 Å². The third-order valence-corrected chi connectivity index (χ3v) is 6.99. The number of carbonyl (C=O) groups excluding carboxylic acids is 1. The van der Waals surface area contributed by atoms with E-state index in [1.165, 1.54) is 18.2 Å². The lowest BCUT2D eigenvalue weighted by Gasteiger charge is -2.32. The minimum atomic E-state index is -3.96. The van der Waals surface area contributed by atoms with E-state index in [1.807, 2.05) is 0 Å². The van der Waals surface area contributed by atoms with Crippen molar-refractivity contribution in [3.63, 3.8) is 0 Å². The van der Waals surface area contributed by atoms with Crippen LogP contribution in [0.1, 0.15) is 28.8 Å². The maximum Gasteiger partial charge on any atom is 0.261 e. The van der Waals surface area contributed by atoms with E-state index in [-0.39, 0.29) is 16.5 Å². The number of hydrogen-bond acceptors (Lipinski definition) is 5. The predicted octanol–water partition coefficient (Wildman–Crippen LogP) is 2.69. The highest BCUT2D eigenvalue weighted by atomic mass is 32.2. The summed E-state index contributed by atoms with van der Waals surface area (Å²) >= 11 is 0. The van der Waals surface area contributed by atoms with Crippen LogP contribution in [0.2, 0.25) is 0 Å². The number of carbonyl (C=O) groups is 1. The molecule has 1 amide bonds. The van der Waals surface area contributed by atoms with Crippen LogP contribution in [-0.4, -0.2) is 70.4 Å². The molecule has 1 saturated heterocycles. The van der Waals surface area contributed by atoms with E-state index in [2.05, 4.69) is 26.9 Å². The van der Waals surface area contributed by atoms with Crippen LogP contribution in [-0.2, 0) is 10.0 Å². The number of hydrogen-bond donors (Lipinski definition) is 2. The van der Waals surface area contributed by atoms with Crippen LogP contribution in [0.25, 0.3) is 0 Å². The Balaban J connectivity index is 1.49. The van der Waals surface area contributed by atoms with E-state index in [0.717, 1.165) is 51.6 Å². The van der Waals surface area contributed by atoms with Crippen molar-refractivity contribution in [1.29, 1.82) is 0 Å². The summed E-state index contributed by atoms with van der Waals surface area (Å²) < 4.78 is 41.3. The molecule has 2 aromatic rings. The number of rotatable bonds is 9. The monoisotopic (exact) mass is 462 g/mol. The predicted molar refractivity (Wildman–Crippen MR) is 124 cm³/mol. The van der Waals surface area contributed by atoms with Gasteiger partial charge in [0.2, 0.25) is 0 Å². The molecule has 0 aliphatic carbocycles. The largest absolute Gasteiger partial charge is 0.352 e. The van der Waals surface area contributed by atoms with E-state index >= 15 is 0 Å². The normalized spacial score (nSPS) is 15.5. The molecular formula is C23H31FN4O3S. The zero-order chi connectivity index (χ0) is 23.1. The Morgan fingerprint density at radius 3 is 2.53 bits per heavy atom. The average molecular weight is 463 g/mol. The quantitative estimate of drug-likeness (QED) is 0.560. The van der Waals surface area contributed by atoms with E-state index < -0.39 is 15.8 Å². The van der Waals surface area contributed by atoms with Crippen molar-refractivity contribution in [2.24, 2.45) is 0 Å². The van der Waals surface area contributed by atoms with Crippen LogP contribution in [0.4, 0.5) is 10.1 Å². The van der Waals surface area contributed by atoms with Gasteiger partial charge in [-0.05, 0) is 69.3 Å². The molecule has 0 atom stereocenters. The first-order chi connectivity index (χ1) is 15.2. The second kappa shape index (κ2) is 10.9. The third kappa shape index (κ3) is 6.75. The SMILES string of the molecule is Cc1ccc(S(=O)(=O)Nc2cccc(C(=O)NCCCCN3CCN(C)CC3)c2)cc1F. The van der Waals surface area contributed by atoms with Crippen LogP contribution in [0.5, 0.6) is 0 Å². The number of halogens is 1. The highest BCUT2D eigenvalue weighted by molar-refractivity contribution is 7.92. The van der Waals surface area contributed by atoms with E-state index in [1.54, 1.807) is 25.1 Å². The summed E-state index contributed by atoms with van der Waals surface area (Å²) in [6, 6.07) is 10.0. The number of amides is 1. The van der Waals surface area contributed by atoms with Gasteiger partial charge in [-0.15, -0.1) is 0 Å². The van der Waals surface area contributed by atoms with Gasteiger partial charge in [0, 0.05) is 44.0 Å². The van der Waals surface area contributed by atoms with Gasteiger partial charge in [0.15, 0.2) is 0 Å². The van der Waals surface area contributed by atoms with Gasteiger partial charge in [-0.25, -0.2) is 12.8 Å². The summed E-state index contributed by atoms with van der Waals surface area (Å²) in [6.07, 6.45) is 1.89. The molecule has 0 bridgehead atoms. The van der Waals surface area contributed by atoms with Crippen LogP contribution in [0.3, 0.4) is 0 Å². The average Bonchev–Trinajstić information content (AvgIpc) is 2.76. The molecule has 9 heteroatoms. The number of nitrogens with zero attached hydrogens (tertiary/aromatic N) is 2. The van der Waals surface area contributed by atoms with Crippen LogP contribution in [0, 0.1) is 12.7 Å². The Kier molecular flexibility index (Phi) is 8.22. The Labute approximate surface area is 189 Å². The first-order valence-corrected chi connectivity index (χ1v) is 12.3. The number of aryl methyl sites for hydroxylation is 1. The minimum absolute atomic E-state index is 0.171. The van der Waals surface area contributed by atoms with Gasteiger partial charge in [0.05, 0.1) is 4.90 Å². The van der Waals surface area contributed by atoms with Gasteiger partial charge in [0.1, 0.15) is 5.82 Å². The van der Waals surface area contributed by atoms with E-state index in [4.69, 9.17) is 0 Å². The fourth-order valence-electron chi connectivity index (χ4n) is 3.51. The molecule has 7 nitrogen and oxygen atoms in total. The fourth-order valence-corrected chi connectivity index (χ4v) is 4.58. The van der Waals surface area contributed by atoms with E-state index in [0.29, 0.717) is 17.7 Å². The fraction of sp³-hybridized carbons (Fsp3) is 0.435. The van der Waals surface area contributed by atoms with Gasteiger partial charge in [-0.2, -0.15) is 0 Å². The zero-order valence-electron chi connectivity index (χ0n) is 18.6. The molecule has 0 saturated carbocycles. The molecule has 0 spiro atoms. The van der Waals surface area contributed by atoms with E-state index in [9.17, 15) is 17.6 Å². The number of anilines is 1. The summed E-state index contributed by atoms with van der Waals surface area (Å²) in [5, 5.41) is 2.89. The second-order valence-corrected chi connectivity index (χ2v) is 9.89. The summed E-state index contributed by atoms with van der Waals surface area (Å²) in [5.41, 5.74) is 0.971. The zero-order valence-corrected chi connectivity index (χ0v) is 19.4. The molecule has 174 valence electrons. The van der Waals surface area contributed by atoms with Gasteiger partial charge in [0.25, 0.3) is 15.9 Å². The molecule has 1 fully saturated rings. The topological polar surface area (TPSA) is 81.7 Å². The second-order valence-electron chi connectivity index (χ2n) is 8.21. The number of piperazine rings is 1. The molecule has 1 heterocycles. The molecule has 32 heavy (non-hydrogen) atoms. The summed E-state index contributed by atoms with van der Waals surface area (Å²) in [4.78, 5) is 17.1. The minimum Gasteiger partial charge on any atom is -0.352 e. The lowest BCUT2D eigenvalue weighted by atomic mass is 10.2. The molecule has 3 rings (SSSR count). The highest BCUT2D eigenvalue weighted by Crippen LogP contribution is 2.19. The summed E-state index contributed by atoms with van der Waals surface area (Å²) in [6.45, 7) is 7.51. The summed E-state index contributed by atoms with van der Waals surface area (Å²) in [5.74, 6) is -0.847.